The molecule has 0 amide bonds. The molecule has 0 spiro atoms. The first-order valence-electron chi connectivity index (χ1n) is 9.50. The summed E-state index contributed by atoms with van der Waals surface area (Å²) in [5.41, 5.74) is -0.317. The molecule has 0 unspecified atom stereocenters. The summed E-state index contributed by atoms with van der Waals surface area (Å²) in [6.45, 7) is 6.61. The molecular weight excluding hydrogens is 298 g/mol. The van der Waals surface area contributed by atoms with Crippen molar-refractivity contribution in [1.29, 1.82) is 0 Å². The molecule has 0 saturated heterocycles. The molecule has 24 heavy (non-hydrogen) atoms. The molecule has 0 saturated carbocycles. The lowest BCUT2D eigenvalue weighted by Crippen LogP contribution is -2.28. The fourth-order valence-corrected chi connectivity index (χ4v) is 3.70. The molecule has 0 atom stereocenters. The lowest BCUT2D eigenvalue weighted by atomic mass is 9.99. The van der Waals surface area contributed by atoms with Crippen LogP contribution in [0.3, 0.4) is 0 Å². The minimum atomic E-state index is -0.159. The van der Waals surface area contributed by atoms with E-state index in [4.69, 9.17) is 0 Å². The van der Waals surface area contributed by atoms with Crippen molar-refractivity contribution >= 4 is 24.9 Å². The van der Waals surface area contributed by atoms with Crippen molar-refractivity contribution in [2.75, 3.05) is 20.1 Å². The summed E-state index contributed by atoms with van der Waals surface area (Å²) in [6, 6.07) is 0. The van der Waals surface area contributed by atoms with E-state index in [9.17, 15) is 0 Å². The first kappa shape index (κ1) is 19.0. The van der Waals surface area contributed by atoms with Crippen molar-refractivity contribution in [3.05, 3.63) is 0 Å². The molecule has 0 aromatic heterocycles. The Morgan fingerprint density at radius 1 is 0.667 bits per heavy atom. The number of hydrogen-bond donors (Lipinski definition) is 0. The highest BCUT2D eigenvalue weighted by Gasteiger charge is 2.29. The van der Waals surface area contributed by atoms with E-state index in [2.05, 4.69) is 45.8 Å². The molecule has 2 rings (SSSR count). The predicted molar refractivity (Wildman–Crippen MR) is 105 cm³/mol. The molecule has 5 nitrogen and oxygen atoms in total. The van der Waals surface area contributed by atoms with E-state index in [1.807, 2.05) is 24.9 Å². The topological polar surface area (TPSA) is 52.7 Å². The zero-order valence-electron chi connectivity index (χ0n) is 15.6. The summed E-state index contributed by atoms with van der Waals surface area (Å²) < 4.78 is 0. The molecule has 0 aliphatic carbocycles. The minimum Gasteiger partial charge on any atom is -0.306 e. The van der Waals surface area contributed by atoms with Gasteiger partial charge in [-0.2, -0.15) is 0 Å². The van der Waals surface area contributed by atoms with Gasteiger partial charge in [0.2, 0.25) is 0 Å². The second-order valence-electron chi connectivity index (χ2n) is 7.09. The van der Waals surface area contributed by atoms with Crippen LogP contribution in [-0.4, -0.2) is 61.2 Å². The fraction of sp³-hybridized carbons (Fsp3) is 0.789. The Hall–Kier alpha value is -1.36. The van der Waals surface area contributed by atoms with Gasteiger partial charge in [0.25, 0.3) is 0 Å². The van der Waals surface area contributed by atoms with Crippen molar-refractivity contribution in [3.63, 3.8) is 0 Å². The summed E-state index contributed by atoms with van der Waals surface area (Å²) in [6.07, 6.45) is 16.2. The van der Waals surface area contributed by atoms with Crippen LogP contribution in [0.1, 0.15) is 65.2 Å². The summed E-state index contributed by atoms with van der Waals surface area (Å²) in [5, 5.41) is 0. The summed E-state index contributed by atoms with van der Waals surface area (Å²) >= 11 is 0. The minimum absolute atomic E-state index is 0.159. The SMILES string of the molecule is CCCC1(CCCN(C)CCCC2(CCC)N=CC=N2)N=CC=N1. The third kappa shape index (κ3) is 5.33. The first-order chi connectivity index (χ1) is 11.6. The summed E-state index contributed by atoms with van der Waals surface area (Å²) in [7, 11) is 2.21. The molecule has 5 heteroatoms. The first-order valence-corrected chi connectivity index (χ1v) is 9.50. The van der Waals surface area contributed by atoms with E-state index < -0.39 is 0 Å². The molecule has 2 aliphatic heterocycles. The monoisotopic (exact) mass is 331 g/mol. The van der Waals surface area contributed by atoms with Crippen LogP contribution >= 0.6 is 0 Å². The smallest absolute Gasteiger partial charge is 0.150 e. The zero-order valence-corrected chi connectivity index (χ0v) is 15.6. The van der Waals surface area contributed by atoms with Gasteiger partial charge in [0.1, 0.15) is 11.3 Å². The number of nitrogens with zero attached hydrogens (tertiary/aromatic N) is 5. The van der Waals surface area contributed by atoms with Gasteiger partial charge in [-0.15, -0.1) is 0 Å². The van der Waals surface area contributed by atoms with Crippen LogP contribution in [0.2, 0.25) is 0 Å². The van der Waals surface area contributed by atoms with E-state index >= 15 is 0 Å². The van der Waals surface area contributed by atoms with Gasteiger partial charge in [0.15, 0.2) is 0 Å². The van der Waals surface area contributed by atoms with Crippen LogP contribution < -0.4 is 0 Å². The van der Waals surface area contributed by atoms with Crippen LogP contribution in [-0.2, 0) is 0 Å². The predicted octanol–water partition coefficient (Wildman–Crippen LogP) is 3.78. The lowest BCUT2D eigenvalue weighted by molar-refractivity contribution is 0.276. The maximum atomic E-state index is 4.60. The van der Waals surface area contributed by atoms with E-state index in [-0.39, 0.29) is 11.3 Å². The average molecular weight is 332 g/mol. The van der Waals surface area contributed by atoms with E-state index in [1.54, 1.807) is 0 Å². The Balaban J connectivity index is 1.66. The van der Waals surface area contributed by atoms with E-state index in [0.717, 1.165) is 64.5 Å². The van der Waals surface area contributed by atoms with E-state index in [0.29, 0.717) is 0 Å². The third-order valence-electron chi connectivity index (χ3n) is 4.93. The second kappa shape index (κ2) is 9.21. The maximum absolute atomic E-state index is 4.60. The Kier molecular flexibility index (Phi) is 7.28. The Bertz CT molecular complexity index is 424. The van der Waals surface area contributed by atoms with Crippen LogP contribution in [0.15, 0.2) is 20.0 Å². The summed E-state index contributed by atoms with van der Waals surface area (Å²) in [4.78, 5) is 20.8. The largest absolute Gasteiger partial charge is 0.306 e. The number of rotatable bonds is 12. The van der Waals surface area contributed by atoms with Gasteiger partial charge in [0, 0.05) is 24.9 Å². The van der Waals surface area contributed by atoms with Gasteiger partial charge in [0.05, 0.1) is 0 Å². The molecule has 2 aliphatic rings. The van der Waals surface area contributed by atoms with Gasteiger partial charge in [-0.05, 0) is 58.7 Å². The number of aliphatic imine (C=N–C) groups is 4. The standard InChI is InChI=1S/C19H33N5/c1-4-8-18(20-12-13-21-18)10-6-16-24(3)17-7-11-19(9-5-2)22-14-15-23-19/h12-15H,4-11,16-17H2,1-3H3. The van der Waals surface area contributed by atoms with Gasteiger partial charge in [-0.25, -0.2) is 0 Å². The van der Waals surface area contributed by atoms with Gasteiger partial charge >= 0.3 is 0 Å². The zero-order chi connectivity index (χ0) is 17.3. The molecule has 134 valence electrons. The molecule has 0 fully saturated rings. The highest BCUT2D eigenvalue weighted by atomic mass is 15.1. The Morgan fingerprint density at radius 2 is 1.04 bits per heavy atom. The third-order valence-corrected chi connectivity index (χ3v) is 4.93. The maximum Gasteiger partial charge on any atom is 0.150 e. The fourth-order valence-electron chi connectivity index (χ4n) is 3.70. The highest BCUT2D eigenvalue weighted by molar-refractivity contribution is 6.18. The van der Waals surface area contributed by atoms with Crippen molar-refractivity contribution < 1.29 is 0 Å². The quantitative estimate of drug-likeness (QED) is 0.537. The molecule has 0 radical (unpaired) electrons. The van der Waals surface area contributed by atoms with Crippen molar-refractivity contribution in [2.45, 2.75) is 76.5 Å². The Labute approximate surface area is 147 Å². The van der Waals surface area contributed by atoms with Crippen LogP contribution in [0.5, 0.6) is 0 Å². The molecule has 0 N–H and O–H groups in total. The van der Waals surface area contributed by atoms with Gasteiger partial charge in [-0.3, -0.25) is 20.0 Å². The second-order valence-corrected chi connectivity index (χ2v) is 7.09. The van der Waals surface area contributed by atoms with Gasteiger partial charge < -0.3 is 4.90 Å². The van der Waals surface area contributed by atoms with Gasteiger partial charge in [-0.1, -0.05) is 26.7 Å². The van der Waals surface area contributed by atoms with Crippen LogP contribution in [0.25, 0.3) is 0 Å². The Morgan fingerprint density at radius 3 is 1.38 bits per heavy atom. The number of hydrogen-bond acceptors (Lipinski definition) is 5. The normalized spacial score (nSPS) is 19.8. The molecule has 0 aromatic rings. The van der Waals surface area contributed by atoms with Crippen LogP contribution in [0.4, 0.5) is 0 Å². The summed E-state index contributed by atoms with van der Waals surface area (Å²) in [5.74, 6) is 0. The molecule has 0 bridgehead atoms. The highest BCUT2D eigenvalue weighted by Crippen LogP contribution is 2.29. The van der Waals surface area contributed by atoms with Crippen molar-refractivity contribution in [1.82, 2.24) is 4.90 Å². The molecule has 0 aromatic carbocycles. The van der Waals surface area contributed by atoms with Crippen LogP contribution in [0, 0.1) is 0 Å². The van der Waals surface area contributed by atoms with Crippen molar-refractivity contribution in [3.8, 4) is 0 Å². The molecule has 2 heterocycles. The van der Waals surface area contributed by atoms with E-state index in [1.165, 1.54) is 0 Å². The molecular formula is C19H33N5. The van der Waals surface area contributed by atoms with Crippen molar-refractivity contribution in [2.24, 2.45) is 20.0 Å². The lowest BCUT2D eigenvalue weighted by Gasteiger charge is -2.26. The average Bonchev–Trinajstić information content (AvgIpc) is 3.19.